The lowest BCUT2D eigenvalue weighted by atomic mass is 10.1. The molecule has 0 radical (unpaired) electrons. The third-order valence-electron chi connectivity index (χ3n) is 2.77. The molecule has 1 atom stereocenters. The zero-order valence-corrected chi connectivity index (χ0v) is 14.3. The maximum Gasteiger partial charge on any atom is 0.228 e. The lowest BCUT2D eigenvalue weighted by Crippen LogP contribution is -2.39. The number of anilines is 1. The maximum absolute atomic E-state index is 11.6. The van der Waals surface area contributed by atoms with Crippen LogP contribution in [0.1, 0.15) is 52.1 Å². The number of hydrogen-bond acceptors (Lipinski definition) is 4. The van der Waals surface area contributed by atoms with Gasteiger partial charge >= 0.3 is 0 Å². The third-order valence-corrected chi connectivity index (χ3v) is 2.77. The van der Waals surface area contributed by atoms with E-state index < -0.39 is 6.23 Å². The predicted octanol–water partition coefficient (Wildman–Crippen LogP) is 2.79. The number of aliphatic hydroxyl groups excluding tert-OH is 1. The van der Waals surface area contributed by atoms with E-state index in [1.165, 1.54) is 0 Å². The second kappa shape index (κ2) is 7.73. The molecule has 6 heteroatoms. The van der Waals surface area contributed by atoms with Gasteiger partial charge in [-0.05, 0) is 39.8 Å². The lowest BCUT2D eigenvalue weighted by Gasteiger charge is -2.26. The number of amides is 1. The first kappa shape index (κ1) is 19.8. The Kier molecular flexibility index (Phi) is 7.30. The van der Waals surface area contributed by atoms with Gasteiger partial charge in [-0.1, -0.05) is 13.8 Å². The highest BCUT2D eigenvalue weighted by atomic mass is 35.5. The SMILES string of the molecule is Cc1nc(NC(=O)C(C)C)ccc1[C@@H](O)NC(C)(C)C.Cl. The standard InChI is InChI=1S/C15H25N3O2.ClH/c1-9(2)13(19)17-12-8-7-11(10(3)16-12)14(20)18-15(4,5)6;/h7-9,14,18,20H,1-6H3,(H,16,17,19);1H/t14-;/m1./s1. The van der Waals surface area contributed by atoms with Crippen LogP contribution in [-0.4, -0.2) is 21.5 Å². The van der Waals surface area contributed by atoms with Gasteiger partial charge in [-0.3, -0.25) is 10.1 Å². The van der Waals surface area contributed by atoms with Crippen LogP contribution in [0.5, 0.6) is 0 Å². The Bertz CT molecular complexity index is 484. The van der Waals surface area contributed by atoms with E-state index in [9.17, 15) is 9.90 Å². The van der Waals surface area contributed by atoms with E-state index in [0.717, 1.165) is 0 Å². The molecule has 0 aliphatic carbocycles. The Labute approximate surface area is 133 Å². The molecule has 0 fully saturated rings. The van der Waals surface area contributed by atoms with Gasteiger partial charge in [-0.15, -0.1) is 12.4 Å². The molecule has 1 amide bonds. The van der Waals surface area contributed by atoms with Gasteiger partial charge < -0.3 is 10.4 Å². The smallest absolute Gasteiger partial charge is 0.228 e. The zero-order valence-electron chi connectivity index (χ0n) is 13.5. The fraction of sp³-hybridized carbons (Fsp3) is 0.600. The van der Waals surface area contributed by atoms with Crippen LogP contribution in [0.4, 0.5) is 5.82 Å². The molecule has 0 unspecified atom stereocenters. The van der Waals surface area contributed by atoms with Gasteiger partial charge in [0.05, 0.1) is 0 Å². The summed E-state index contributed by atoms with van der Waals surface area (Å²) < 4.78 is 0. The molecule has 5 nitrogen and oxygen atoms in total. The molecule has 1 heterocycles. The number of hydrogen-bond donors (Lipinski definition) is 3. The Balaban J connectivity index is 0.00000400. The molecule has 0 bridgehead atoms. The van der Waals surface area contributed by atoms with E-state index in [2.05, 4.69) is 15.6 Å². The highest BCUT2D eigenvalue weighted by molar-refractivity contribution is 5.91. The van der Waals surface area contributed by atoms with Crippen LogP contribution >= 0.6 is 12.4 Å². The minimum Gasteiger partial charge on any atom is -0.374 e. The number of aromatic nitrogens is 1. The number of pyridine rings is 1. The Morgan fingerprint density at radius 1 is 1.29 bits per heavy atom. The molecule has 1 rings (SSSR count). The van der Waals surface area contributed by atoms with Crippen LogP contribution in [0.25, 0.3) is 0 Å². The first-order chi connectivity index (χ1) is 9.10. The van der Waals surface area contributed by atoms with Gasteiger partial charge in [0.15, 0.2) is 0 Å². The molecule has 0 aliphatic rings. The molecule has 1 aromatic rings. The zero-order chi connectivity index (χ0) is 15.5. The minimum absolute atomic E-state index is 0. The average molecular weight is 316 g/mol. The average Bonchev–Trinajstić information content (AvgIpc) is 2.26. The molecule has 0 spiro atoms. The topological polar surface area (TPSA) is 74.2 Å². The Hall–Kier alpha value is -1.17. The van der Waals surface area contributed by atoms with E-state index in [4.69, 9.17) is 0 Å². The summed E-state index contributed by atoms with van der Waals surface area (Å²) in [7, 11) is 0. The van der Waals surface area contributed by atoms with E-state index in [-0.39, 0.29) is 29.8 Å². The van der Waals surface area contributed by atoms with Gasteiger partial charge in [0.2, 0.25) is 5.91 Å². The van der Waals surface area contributed by atoms with Gasteiger partial charge in [0, 0.05) is 22.7 Å². The van der Waals surface area contributed by atoms with Crippen molar-refractivity contribution in [3.05, 3.63) is 23.4 Å². The number of nitrogens with zero attached hydrogens (tertiary/aromatic N) is 1. The quantitative estimate of drug-likeness (QED) is 0.747. The molecule has 21 heavy (non-hydrogen) atoms. The van der Waals surface area contributed by atoms with Crippen molar-refractivity contribution in [3.63, 3.8) is 0 Å². The van der Waals surface area contributed by atoms with E-state index in [1.54, 1.807) is 12.1 Å². The second-order valence-electron chi connectivity index (χ2n) is 6.31. The van der Waals surface area contributed by atoms with Crippen LogP contribution in [-0.2, 0) is 4.79 Å². The molecule has 0 aliphatic heterocycles. The Morgan fingerprint density at radius 2 is 1.86 bits per heavy atom. The van der Waals surface area contributed by atoms with Crippen molar-refractivity contribution in [2.24, 2.45) is 5.92 Å². The number of rotatable bonds is 4. The summed E-state index contributed by atoms with van der Waals surface area (Å²) in [5.74, 6) is 0.343. The minimum atomic E-state index is -0.780. The highest BCUT2D eigenvalue weighted by Gasteiger charge is 2.19. The number of carbonyl (C=O) groups is 1. The lowest BCUT2D eigenvalue weighted by molar-refractivity contribution is -0.118. The van der Waals surface area contributed by atoms with Gasteiger partial charge in [0.25, 0.3) is 0 Å². The van der Waals surface area contributed by atoms with Crippen molar-refractivity contribution in [2.75, 3.05) is 5.32 Å². The summed E-state index contributed by atoms with van der Waals surface area (Å²) in [5.41, 5.74) is 1.20. The first-order valence-corrected chi connectivity index (χ1v) is 6.84. The largest absolute Gasteiger partial charge is 0.374 e. The predicted molar refractivity (Wildman–Crippen MR) is 87.5 cm³/mol. The maximum atomic E-state index is 11.6. The van der Waals surface area contributed by atoms with Crippen molar-refractivity contribution < 1.29 is 9.90 Å². The summed E-state index contributed by atoms with van der Waals surface area (Å²) in [6.07, 6.45) is -0.780. The number of halogens is 1. The van der Waals surface area contributed by atoms with Crippen molar-refractivity contribution >= 4 is 24.1 Å². The van der Waals surface area contributed by atoms with Crippen molar-refractivity contribution in [3.8, 4) is 0 Å². The molecule has 0 aromatic carbocycles. The summed E-state index contributed by atoms with van der Waals surface area (Å²) in [5, 5.41) is 16.0. The third kappa shape index (κ3) is 6.42. The van der Waals surface area contributed by atoms with Gasteiger partial charge in [-0.25, -0.2) is 4.98 Å². The number of nitrogens with one attached hydrogen (secondary N) is 2. The molecular formula is C15H26ClN3O2. The van der Waals surface area contributed by atoms with Crippen LogP contribution < -0.4 is 10.6 Å². The van der Waals surface area contributed by atoms with Crippen LogP contribution in [0.15, 0.2) is 12.1 Å². The summed E-state index contributed by atoms with van der Waals surface area (Å²) in [6.45, 7) is 11.4. The monoisotopic (exact) mass is 315 g/mol. The Morgan fingerprint density at radius 3 is 2.29 bits per heavy atom. The highest BCUT2D eigenvalue weighted by Crippen LogP contribution is 2.19. The molecule has 0 saturated heterocycles. The van der Waals surface area contributed by atoms with Crippen LogP contribution in [0, 0.1) is 12.8 Å². The van der Waals surface area contributed by atoms with Crippen molar-refractivity contribution in [1.82, 2.24) is 10.3 Å². The van der Waals surface area contributed by atoms with Gasteiger partial charge in [0.1, 0.15) is 12.0 Å². The molecule has 3 N–H and O–H groups in total. The molecule has 120 valence electrons. The van der Waals surface area contributed by atoms with E-state index >= 15 is 0 Å². The van der Waals surface area contributed by atoms with E-state index in [1.807, 2.05) is 41.5 Å². The summed E-state index contributed by atoms with van der Waals surface area (Å²) in [6, 6.07) is 3.48. The van der Waals surface area contributed by atoms with Crippen LogP contribution in [0.2, 0.25) is 0 Å². The molecular weight excluding hydrogens is 290 g/mol. The number of aliphatic hydroxyl groups is 1. The van der Waals surface area contributed by atoms with Crippen LogP contribution in [0.3, 0.4) is 0 Å². The van der Waals surface area contributed by atoms with Crippen molar-refractivity contribution in [2.45, 2.75) is 53.3 Å². The normalized spacial score (nSPS) is 12.8. The van der Waals surface area contributed by atoms with Gasteiger partial charge in [-0.2, -0.15) is 0 Å². The second-order valence-corrected chi connectivity index (χ2v) is 6.31. The summed E-state index contributed by atoms with van der Waals surface area (Å²) >= 11 is 0. The van der Waals surface area contributed by atoms with Crippen molar-refractivity contribution in [1.29, 1.82) is 0 Å². The number of carbonyl (C=O) groups excluding carboxylic acids is 1. The fourth-order valence-corrected chi connectivity index (χ4v) is 1.69. The fourth-order valence-electron chi connectivity index (χ4n) is 1.69. The number of aryl methyl sites for hydroxylation is 1. The van der Waals surface area contributed by atoms with E-state index in [0.29, 0.717) is 17.1 Å². The first-order valence-electron chi connectivity index (χ1n) is 6.84. The molecule has 1 aromatic heterocycles. The summed E-state index contributed by atoms with van der Waals surface area (Å²) in [4.78, 5) is 15.9. The molecule has 0 saturated carbocycles.